The normalized spacial score (nSPS) is 16.4. The zero-order valence-corrected chi connectivity index (χ0v) is 11.2. The Morgan fingerprint density at radius 1 is 1.29 bits per heavy atom. The van der Waals surface area contributed by atoms with Crippen LogP contribution in [0.4, 0.5) is 5.69 Å². The molecule has 0 spiro atoms. The number of rotatable bonds is 4. The zero-order valence-electron chi connectivity index (χ0n) is 11.2. The third-order valence-electron chi connectivity index (χ3n) is 3.28. The predicted molar refractivity (Wildman–Crippen MR) is 74.6 cm³/mol. The fraction of sp³-hybridized carbons (Fsp3) is 0.600. The number of anilines is 1. The molecule has 1 aromatic rings. The molecular formula is C15H24N2. The van der Waals surface area contributed by atoms with Crippen LogP contribution in [0.1, 0.15) is 31.9 Å². The van der Waals surface area contributed by atoms with Gasteiger partial charge in [-0.1, -0.05) is 26.0 Å². The van der Waals surface area contributed by atoms with Crippen LogP contribution in [0.5, 0.6) is 0 Å². The fourth-order valence-electron chi connectivity index (χ4n) is 2.65. The van der Waals surface area contributed by atoms with Crippen LogP contribution >= 0.6 is 0 Å². The van der Waals surface area contributed by atoms with Crippen molar-refractivity contribution in [2.24, 2.45) is 11.7 Å². The van der Waals surface area contributed by atoms with Gasteiger partial charge in [0.1, 0.15) is 0 Å². The number of hydrogen-bond acceptors (Lipinski definition) is 2. The van der Waals surface area contributed by atoms with Crippen molar-refractivity contribution in [2.75, 3.05) is 18.0 Å². The first-order chi connectivity index (χ1) is 8.06. The van der Waals surface area contributed by atoms with Crippen molar-refractivity contribution in [1.82, 2.24) is 0 Å². The first-order valence-corrected chi connectivity index (χ1v) is 6.68. The molecule has 0 saturated carbocycles. The number of nitrogens with zero attached hydrogens (tertiary/aromatic N) is 1. The van der Waals surface area contributed by atoms with Gasteiger partial charge in [-0.3, -0.25) is 0 Å². The fourth-order valence-corrected chi connectivity index (χ4v) is 2.65. The van der Waals surface area contributed by atoms with Crippen molar-refractivity contribution in [1.29, 1.82) is 0 Å². The lowest BCUT2D eigenvalue weighted by atomic mass is 10.0. The Balaban J connectivity index is 2.14. The van der Waals surface area contributed by atoms with Gasteiger partial charge in [-0.2, -0.15) is 0 Å². The van der Waals surface area contributed by atoms with Gasteiger partial charge in [0.05, 0.1) is 0 Å². The minimum atomic E-state index is 0.251. The van der Waals surface area contributed by atoms with Crippen LogP contribution in [0.3, 0.4) is 0 Å². The molecule has 2 nitrogen and oxygen atoms in total. The van der Waals surface area contributed by atoms with Crippen LogP contribution in [0, 0.1) is 5.92 Å². The smallest absolute Gasteiger partial charge is 0.0399 e. The second-order valence-corrected chi connectivity index (χ2v) is 5.73. The summed E-state index contributed by atoms with van der Waals surface area (Å²) in [5, 5.41) is 0. The zero-order chi connectivity index (χ0) is 12.4. The lowest BCUT2D eigenvalue weighted by molar-refractivity contribution is 0.622. The highest BCUT2D eigenvalue weighted by Gasteiger charge is 2.19. The van der Waals surface area contributed by atoms with Gasteiger partial charge in [0.2, 0.25) is 0 Å². The van der Waals surface area contributed by atoms with Gasteiger partial charge < -0.3 is 10.6 Å². The van der Waals surface area contributed by atoms with Gasteiger partial charge in [0, 0.05) is 24.8 Å². The van der Waals surface area contributed by atoms with E-state index in [1.54, 1.807) is 0 Å². The van der Waals surface area contributed by atoms with Crippen LogP contribution in [-0.4, -0.2) is 19.1 Å². The van der Waals surface area contributed by atoms with E-state index in [4.69, 9.17) is 5.73 Å². The van der Waals surface area contributed by atoms with Crippen molar-refractivity contribution in [2.45, 2.75) is 39.7 Å². The first kappa shape index (κ1) is 12.4. The van der Waals surface area contributed by atoms with Crippen molar-refractivity contribution in [3.05, 3.63) is 29.3 Å². The van der Waals surface area contributed by atoms with E-state index in [9.17, 15) is 0 Å². The third-order valence-corrected chi connectivity index (χ3v) is 3.28. The maximum atomic E-state index is 5.85. The van der Waals surface area contributed by atoms with Gasteiger partial charge >= 0.3 is 0 Å². The van der Waals surface area contributed by atoms with E-state index in [0.717, 1.165) is 12.3 Å². The Bertz CT molecular complexity index is 383. The van der Waals surface area contributed by atoms with Gasteiger partial charge in [0.25, 0.3) is 0 Å². The summed E-state index contributed by atoms with van der Waals surface area (Å²) in [4.78, 5) is 2.51. The van der Waals surface area contributed by atoms with Crippen molar-refractivity contribution < 1.29 is 0 Å². The van der Waals surface area contributed by atoms with E-state index < -0.39 is 0 Å². The number of benzene rings is 1. The highest BCUT2D eigenvalue weighted by molar-refractivity contribution is 5.59. The van der Waals surface area contributed by atoms with Gasteiger partial charge in [0.15, 0.2) is 0 Å². The summed E-state index contributed by atoms with van der Waals surface area (Å²) >= 11 is 0. The number of nitrogens with two attached hydrogens (primary N) is 1. The van der Waals surface area contributed by atoms with Crippen LogP contribution in [0.25, 0.3) is 0 Å². The summed E-state index contributed by atoms with van der Waals surface area (Å²) in [5.41, 5.74) is 10.2. The Kier molecular flexibility index (Phi) is 3.72. The Hall–Kier alpha value is -1.02. The predicted octanol–water partition coefficient (Wildman–Crippen LogP) is 2.59. The van der Waals surface area contributed by atoms with Gasteiger partial charge in [-0.05, 0) is 42.9 Å². The van der Waals surface area contributed by atoms with E-state index in [-0.39, 0.29) is 6.04 Å². The van der Waals surface area contributed by atoms with E-state index in [1.165, 1.54) is 36.3 Å². The highest BCUT2D eigenvalue weighted by atomic mass is 15.1. The largest absolute Gasteiger partial charge is 0.371 e. The lowest BCUT2D eigenvalue weighted by Gasteiger charge is -2.21. The van der Waals surface area contributed by atoms with Crippen LogP contribution < -0.4 is 10.6 Å². The molecule has 2 rings (SSSR count). The molecule has 2 heteroatoms. The van der Waals surface area contributed by atoms with Crippen LogP contribution in [0.15, 0.2) is 18.2 Å². The Labute approximate surface area is 105 Å². The minimum Gasteiger partial charge on any atom is -0.371 e. The summed E-state index contributed by atoms with van der Waals surface area (Å²) in [7, 11) is 0. The average molecular weight is 232 g/mol. The molecule has 94 valence electrons. The quantitative estimate of drug-likeness (QED) is 0.864. The van der Waals surface area contributed by atoms with Crippen molar-refractivity contribution in [3.63, 3.8) is 0 Å². The SMILES string of the molecule is CC(C)CN1CCc2cc(CC(C)N)ccc21. The molecule has 1 unspecified atom stereocenters. The molecule has 0 radical (unpaired) electrons. The maximum Gasteiger partial charge on any atom is 0.0399 e. The molecule has 1 aliphatic heterocycles. The molecule has 0 aliphatic carbocycles. The first-order valence-electron chi connectivity index (χ1n) is 6.68. The molecule has 0 fully saturated rings. The topological polar surface area (TPSA) is 29.3 Å². The van der Waals surface area contributed by atoms with E-state index in [1.807, 2.05) is 0 Å². The highest BCUT2D eigenvalue weighted by Crippen LogP contribution is 2.29. The third kappa shape index (κ3) is 3.01. The Morgan fingerprint density at radius 3 is 2.71 bits per heavy atom. The molecular weight excluding hydrogens is 208 g/mol. The number of hydrogen-bond donors (Lipinski definition) is 1. The second-order valence-electron chi connectivity index (χ2n) is 5.73. The lowest BCUT2D eigenvalue weighted by Crippen LogP contribution is -2.25. The van der Waals surface area contributed by atoms with Crippen molar-refractivity contribution >= 4 is 5.69 Å². The summed E-state index contributed by atoms with van der Waals surface area (Å²) in [6, 6.07) is 7.11. The molecule has 1 aliphatic rings. The molecule has 0 amide bonds. The maximum absolute atomic E-state index is 5.85. The van der Waals surface area contributed by atoms with Crippen molar-refractivity contribution in [3.8, 4) is 0 Å². The molecule has 0 saturated heterocycles. The van der Waals surface area contributed by atoms with Crippen LogP contribution in [-0.2, 0) is 12.8 Å². The summed E-state index contributed by atoms with van der Waals surface area (Å²) in [5.74, 6) is 0.727. The average Bonchev–Trinajstić information content (AvgIpc) is 2.59. The summed E-state index contributed by atoms with van der Waals surface area (Å²) < 4.78 is 0. The minimum absolute atomic E-state index is 0.251. The Morgan fingerprint density at radius 2 is 2.06 bits per heavy atom. The molecule has 2 N–H and O–H groups in total. The molecule has 1 aromatic carbocycles. The van der Waals surface area contributed by atoms with E-state index in [2.05, 4.69) is 43.9 Å². The van der Waals surface area contributed by atoms with Gasteiger partial charge in [-0.15, -0.1) is 0 Å². The molecule has 0 aromatic heterocycles. The monoisotopic (exact) mass is 232 g/mol. The second kappa shape index (κ2) is 5.09. The van der Waals surface area contributed by atoms with Gasteiger partial charge in [-0.25, -0.2) is 0 Å². The van der Waals surface area contributed by atoms with Crippen LogP contribution in [0.2, 0.25) is 0 Å². The molecule has 17 heavy (non-hydrogen) atoms. The van der Waals surface area contributed by atoms with E-state index >= 15 is 0 Å². The molecule has 0 bridgehead atoms. The molecule has 1 heterocycles. The standard InChI is InChI=1S/C15H24N2/c1-11(2)10-17-7-6-14-9-13(8-12(3)16)4-5-15(14)17/h4-5,9,11-12H,6-8,10,16H2,1-3H3. The number of fused-ring (bicyclic) bond motifs is 1. The summed E-state index contributed by atoms with van der Waals surface area (Å²) in [6.07, 6.45) is 2.17. The molecule has 1 atom stereocenters. The summed E-state index contributed by atoms with van der Waals surface area (Å²) in [6.45, 7) is 8.97. The van der Waals surface area contributed by atoms with E-state index in [0.29, 0.717) is 0 Å².